The van der Waals surface area contributed by atoms with E-state index in [-0.39, 0.29) is 0 Å². The van der Waals surface area contributed by atoms with Crippen LogP contribution in [0.1, 0.15) is 16.3 Å². The van der Waals surface area contributed by atoms with Crippen molar-refractivity contribution in [3.05, 3.63) is 40.0 Å². The predicted molar refractivity (Wildman–Crippen MR) is 73.3 cm³/mol. The Labute approximate surface area is 110 Å². The van der Waals surface area contributed by atoms with Crippen LogP contribution in [0.15, 0.2) is 23.7 Å². The summed E-state index contributed by atoms with van der Waals surface area (Å²) in [6, 6.07) is 3.89. The molecule has 0 aromatic carbocycles. The van der Waals surface area contributed by atoms with Crippen molar-refractivity contribution in [3.8, 4) is 5.88 Å². The van der Waals surface area contributed by atoms with Gasteiger partial charge in [0.05, 0.1) is 17.8 Å². The van der Waals surface area contributed by atoms with E-state index >= 15 is 0 Å². The van der Waals surface area contributed by atoms with Gasteiger partial charge in [0, 0.05) is 24.1 Å². The zero-order chi connectivity index (χ0) is 12.1. The smallest absolute Gasteiger partial charge is 0.212 e. The molecule has 0 saturated heterocycles. The van der Waals surface area contributed by atoms with Crippen LogP contribution in [0.4, 0.5) is 0 Å². The molecule has 2 rings (SSSR count). The highest BCUT2D eigenvalue weighted by atomic mass is 32.1. The van der Waals surface area contributed by atoms with Crippen LogP contribution in [0.25, 0.3) is 0 Å². The molecule has 0 unspecified atom stereocenters. The molecule has 0 amide bonds. The summed E-state index contributed by atoms with van der Waals surface area (Å²) in [5, 5.41) is 3.22. The average molecular weight is 266 g/mol. The minimum Gasteiger partial charge on any atom is -0.481 e. The summed E-state index contributed by atoms with van der Waals surface area (Å²) in [7, 11) is 1.62. The minimum absolute atomic E-state index is 0.642. The van der Waals surface area contributed by atoms with Gasteiger partial charge in [-0.3, -0.25) is 0 Å². The van der Waals surface area contributed by atoms with Crippen molar-refractivity contribution in [2.75, 3.05) is 12.9 Å². The summed E-state index contributed by atoms with van der Waals surface area (Å²) in [6.07, 6.45) is 3.59. The van der Waals surface area contributed by atoms with E-state index in [2.05, 4.69) is 28.0 Å². The number of aromatic nitrogens is 2. The Morgan fingerprint density at radius 2 is 2.29 bits per heavy atom. The van der Waals surface area contributed by atoms with Crippen LogP contribution in [0.2, 0.25) is 0 Å². The minimum atomic E-state index is 0.642. The summed E-state index contributed by atoms with van der Waals surface area (Å²) >= 11 is 5.89. The molecular weight excluding hydrogens is 252 g/mol. The average Bonchev–Trinajstić information content (AvgIpc) is 2.78. The summed E-state index contributed by atoms with van der Waals surface area (Å²) in [5.41, 5.74) is 2.28. The molecule has 0 saturated carbocycles. The topological polar surface area (TPSA) is 35.0 Å². The van der Waals surface area contributed by atoms with Gasteiger partial charge in [0.25, 0.3) is 0 Å². The quantitative estimate of drug-likeness (QED) is 0.845. The van der Waals surface area contributed by atoms with Crippen molar-refractivity contribution in [3.63, 3.8) is 0 Å². The molecule has 3 nitrogen and oxygen atoms in total. The highest BCUT2D eigenvalue weighted by Gasteiger charge is 2.03. The molecule has 5 heteroatoms. The number of methoxy groups -OCH3 is 1. The Bertz CT molecular complexity index is 468. The number of thiazole rings is 1. The molecule has 0 bridgehead atoms. The van der Waals surface area contributed by atoms with Crippen molar-refractivity contribution in [1.82, 2.24) is 9.97 Å². The molecular formula is C12H14N2OS2. The fourth-order valence-corrected chi connectivity index (χ4v) is 2.56. The lowest BCUT2D eigenvalue weighted by Crippen LogP contribution is -1.92. The van der Waals surface area contributed by atoms with Gasteiger partial charge >= 0.3 is 0 Å². The Morgan fingerprint density at radius 3 is 2.94 bits per heavy atom. The van der Waals surface area contributed by atoms with E-state index in [1.807, 2.05) is 18.3 Å². The molecule has 0 radical (unpaired) electrons. The first-order valence-corrected chi connectivity index (χ1v) is 6.86. The van der Waals surface area contributed by atoms with Crippen molar-refractivity contribution >= 4 is 24.0 Å². The molecule has 0 aliphatic rings. The van der Waals surface area contributed by atoms with Gasteiger partial charge in [-0.15, -0.1) is 11.3 Å². The lowest BCUT2D eigenvalue weighted by molar-refractivity contribution is 0.397. The number of ether oxygens (including phenoxy) is 1. The SMILES string of the molecule is COc1ccc(Cc2nc(CCS)cs2)cn1. The lowest BCUT2D eigenvalue weighted by Gasteiger charge is -2.00. The Kier molecular flexibility index (Phi) is 4.39. The molecule has 0 fully saturated rings. The molecule has 2 heterocycles. The van der Waals surface area contributed by atoms with Crippen molar-refractivity contribution in [2.45, 2.75) is 12.8 Å². The molecule has 2 aromatic rings. The number of hydrogen-bond donors (Lipinski definition) is 1. The van der Waals surface area contributed by atoms with Gasteiger partial charge in [-0.25, -0.2) is 9.97 Å². The number of hydrogen-bond acceptors (Lipinski definition) is 5. The van der Waals surface area contributed by atoms with Crippen LogP contribution in [-0.4, -0.2) is 22.8 Å². The summed E-state index contributed by atoms with van der Waals surface area (Å²) in [4.78, 5) is 8.73. The van der Waals surface area contributed by atoms with E-state index < -0.39 is 0 Å². The highest BCUT2D eigenvalue weighted by molar-refractivity contribution is 7.80. The van der Waals surface area contributed by atoms with E-state index in [4.69, 9.17) is 4.74 Å². The Morgan fingerprint density at radius 1 is 1.41 bits per heavy atom. The Hall–Kier alpha value is -1.07. The highest BCUT2D eigenvalue weighted by Crippen LogP contribution is 2.16. The number of rotatable bonds is 5. The third kappa shape index (κ3) is 3.44. The van der Waals surface area contributed by atoms with E-state index in [1.54, 1.807) is 18.4 Å². The van der Waals surface area contributed by atoms with Crippen LogP contribution >= 0.6 is 24.0 Å². The predicted octanol–water partition coefficient (Wildman–Crippen LogP) is 2.61. The number of nitrogens with zero attached hydrogens (tertiary/aromatic N) is 2. The number of pyridine rings is 1. The summed E-state index contributed by atoms with van der Waals surface area (Å²) in [5.74, 6) is 1.48. The second kappa shape index (κ2) is 6.02. The van der Waals surface area contributed by atoms with Crippen LogP contribution in [0.3, 0.4) is 0 Å². The van der Waals surface area contributed by atoms with E-state index in [9.17, 15) is 0 Å². The third-order valence-electron chi connectivity index (χ3n) is 2.33. The van der Waals surface area contributed by atoms with E-state index in [1.165, 1.54) is 0 Å². The fraction of sp³-hybridized carbons (Fsp3) is 0.333. The van der Waals surface area contributed by atoms with Gasteiger partial charge in [-0.05, 0) is 17.7 Å². The van der Waals surface area contributed by atoms with Gasteiger partial charge in [0.15, 0.2) is 0 Å². The molecule has 0 aliphatic heterocycles. The monoisotopic (exact) mass is 266 g/mol. The first-order chi connectivity index (χ1) is 8.31. The van der Waals surface area contributed by atoms with Crippen molar-refractivity contribution in [1.29, 1.82) is 0 Å². The third-order valence-corrected chi connectivity index (χ3v) is 3.45. The van der Waals surface area contributed by atoms with Gasteiger partial charge in [0.1, 0.15) is 0 Å². The van der Waals surface area contributed by atoms with Crippen molar-refractivity contribution < 1.29 is 4.74 Å². The van der Waals surface area contributed by atoms with Crippen LogP contribution < -0.4 is 4.74 Å². The maximum absolute atomic E-state index is 5.02. The maximum atomic E-state index is 5.02. The first kappa shape index (κ1) is 12.4. The molecule has 90 valence electrons. The number of aryl methyl sites for hydroxylation is 1. The molecule has 0 spiro atoms. The second-order valence-electron chi connectivity index (χ2n) is 3.59. The van der Waals surface area contributed by atoms with Gasteiger partial charge in [-0.2, -0.15) is 12.6 Å². The largest absolute Gasteiger partial charge is 0.481 e. The second-order valence-corrected chi connectivity index (χ2v) is 4.98. The van der Waals surface area contributed by atoms with E-state index in [0.29, 0.717) is 5.88 Å². The normalized spacial score (nSPS) is 10.5. The molecule has 0 aliphatic carbocycles. The number of thiol groups is 1. The summed E-state index contributed by atoms with van der Waals surface area (Å²) < 4.78 is 5.02. The molecule has 0 N–H and O–H groups in total. The van der Waals surface area contributed by atoms with Gasteiger partial charge < -0.3 is 4.74 Å². The van der Waals surface area contributed by atoms with Crippen LogP contribution in [-0.2, 0) is 12.8 Å². The molecule has 17 heavy (non-hydrogen) atoms. The lowest BCUT2D eigenvalue weighted by atomic mass is 10.2. The van der Waals surface area contributed by atoms with Gasteiger partial charge in [0.2, 0.25) is 5.88 Å². The zero-order valence-corrected chi connectivity index (χ0v) is 11.3. The Balaban J connectivity index is 2.03. The summed E-state index contributed by atoms with van der Waals surface area (Å²) in [6.45, 7) is 0. The fourth-order valence-electron chi connectivity index (χ4n) is 1.47. The van der Waals surface area contributed by atoms with Crippen LogP contribution in [0.5, 0.6) is 5.88 Å². The van der Waals surface area contributed by atoms with Crippen molar-refractivity contribution in [2.24, 2.45) is 0 Å². The van der Waals surface area contributed by atoms with Crippen LogP contribution in [0, 0.1) is 0 Å². The first-order valence-electron chi connectivity index (χ1n) is 5.35. The molecule has 0 atom stereocenters. The zero-order valence-electron chi connectivity index (χ0n) is 9.59. The molecule has 2 aromatic heterocycles. The van der Waals surface area contributed by atoms with Gasteiger partial charge in [-0.1, -0.05) is 6.07 Å². The van der Waals surface area contributed by atoms with E-state index in [0.717, 1.165) is 34.9 Å². The maximum Gasteiger partial charge on any atom is 0.212 e. The standard InChI is InChI=1S/C12H14N2OS2/c1-15-11-3-2-9(7-13-11)6-12-14-10(4-5-16)8-17-12/h2-3,7-8,16H,4-6H2,1H3.